The largest absolute Gasteiger partial charge is 0.490 e. The highest BCUT2D eigenvalue weighted by atomic mass is 19.4. The number of carbonyl (C=O) groups is 2. The fraction of sp³-hybridized carbons (Fsp3) is 0.310. The first-order chi connectivity index (χ1) is 17.7. The molecule has 0 bridgehead atoms. The van der Waals surface area contributed by atoms with Gasteiger partial charge < -0.3 is 15.7 Å². The van der Waals surface area contributed by atoms with Gasteiger partial charge in [-0.05, 0) is 79.1 Å². The molecule has 1 amide bonds. The SMILES string of the molecule is O=C(Nc1ccc(Cc2ccccc2)cc1)c1cccc(C2CC2NCC2CC2)c1.O=C(O)C(F)(F)F. The molecule has 3 aromatic carbocycles. The van der Waals surface area contributed by atoms with Gasteiger partial charge in [0.2, 0.25) is 0 Å². The van der Waals surface area contributed by atoms with E-state index in [4.69, 9.17) is 9.90 Å². The highest BCUT2D eigenvalue weighted by Crippen LogP contribution is 2.41. The molecule has 37 heavy (non-hydrogen) atoms. The predicted molar refractivity (Wildman–Crippen MR) is 136 cm³/mol. The first-order valence-electron chi connectivity index (χ1n) is 12.3. The average Bonchev–Trinajstić information content (AvgIpc) is 3.80. The second-order valence-electron chi connectivity index (χ2n) is 9.54. The summed E-state index contributed by atoms with van der Waals surface area (Å²) >= 11 is 0. The van der Waals surface area contributed by atoms with Crippen molar-refractivity contribution in [1.82, 2.24) is 5.32 Å². The first-order valence-corrected chi connectivity index (χ1v) is 12.3. The maximum Gasteiger partial charge on any atom is 0.490 e. The van der Waals surface area contributed by atoms with E-state index in [1.165, 1.54) is 36.0 Å². The summed E-state index contributed by atoms with van der Waals surface area (Å²) in [6.45, 7) is 1.15. The number of carboxylic acid groups (broad SMARTS) is 1. The number of benzene rings is 3. The Balaban J connectivity index is 0.000000405. The number of hydrogen-bond acceptors (Lipinski definition) is 3. The van der Waals surface area contributed by atoms with Crippen LogP contribution in [0.1, 0.15) is 52.2 Å². The lowest BCUT2D eigenvalue weighted by Crippen LogP contribution is -2.21. The third-order valence-electron chi connectivity index (χ3n) is 6.44. The minimum absolute atomic E-state index is 0.0456. The fourth-order valence-electron chi connectivity index (χ4n) is 4.08. The quantitative estimate of drug-likeness (QED) is 0.346. The molecule has 2 aliphatic rings. The zero-order chi connectivity index (χ0) is 26.4. The van der Waals surface area contributed by atoms with Crippen LogP contribution in [0.25, 0.3) is 0 Å². The monoisotopic (exact) mass is 510 g/mol. The van der Waals surface area contributed by atoms with Gasteiger partial charge in [0.1, 0.15) is 0 Å². The zero-order valence-corrected chi connectivity index (χ0v) is 20.2. The van der Waals surface area contributed by atoms with Crippen LogP contribution in [0.3, 0.4) is 0 Å². The van der Waals surface area contributed by atoms with Crippen molar-refractivity contribution >= 4 is 17.6 Å². The number of alkyl halides is 3. The second-order valence-corrected chi connectivity index (χ2v) is 9.54. The van der Waals surface area contributed by atoms with Crippen LogP contribution < -0.4 is 10.6 Å². The van der Waals surface area contributed by atoms with Gasteiger partial charge >= 0.3 is 12.1 Å². The smallest absolute Gasteiger partial charge is 0.475 e. The molecule has 0 aromatic heterocycles. The minimum atomic E-state index is -5.08. The zero-order valence-electron chi connectivity index (χ0n) is 20.2. The van der Waals surface area contributed by atoms with Crippen molar-refractivity contribution in [3.8, 4) is 0 Å². The van der Waals surface area contributed by atoms with E-state index in [2.05, 4.69) is 59.2 Å². The van der Waals surface area contributed by atoms with Crippen LogP contribution in [0.5, 0.6) is 0 Å². The molecule has 8 heteroatoms. The fourth-order valence-corrected chi connectivity index (χ4v) is 4.08. The molecule has 0 radical (unpaired) electrons. The van der Waals surface area contributed by atoms with Crippen molar-refractivity contribution in [3.63, 3.8) is 0 Å². The highest BCUT2D eigenvalue weighted by Gasteiger charge is 2.39. The van der Waals surface area contributed by atoms with Gasteiger partial charge in [-0.2, -0.15) is 13.2 Å². The van der Waals surface area contributed by atoms with Gasteiger partial charge in [0.25, 0.3) is 5.91 Å². The summed E-state index contributed by atoms with van der Waals surface area (Å²) in [4.78, 5) is 21.7. The molecule has 3 aromatic rings. The summed E-state index contributed by atoms with van der Waals surface area (Å²) < 4.78 is 31.7. The lowest BCUT2D eigenvalue weighted by atomic mass is 10.0. The summed E-state index contributed by atoms with van der Waals surface area (Å²) in [6, 6.07) is 27.3. The second kappa shape index (κ2) is 11.6. The van der Waals surface area contributed by atoms with Crippen LogP contribution in [0, 0.1) is 5.92 Å². The van der Waals surface area contributed by atoms with Crippen LogP contribution in [0.2, 0.25) is 0 Å². The van der Waals surface area contributed by atoms with Gasteiger partial charge in [-0.15, -0.1) is 0 Å². The lowest BCUT2D eigenvalue weighted by molar-refractivity contribution is -0.192. The molecule has 2 fully saturated rings. The van der Waals surface area contributed by atoms with Crippen molar-refractivity contribution in [2.24, 2.45) is 5.92 Å². The van der Waals surface area contributed by atoms with Gasteiger partial charge in [0.15, 0.2) is 0 Å². The minimum Gasteiger partial charge on any atom is -0.475 e. The third-order valence-corrected chi connectivity index (χ3v) is 6.44. The molecule has 0 heterocycles. The van der Waals surface area contributed by atoms with E-state index < -0.39 is 12.1 Å². The Morgan fingerprint density at radius 1 is 0.892 bits per heavy atom. The van der Waals surface area contributed by atoms with E-state index in [-0.39, 0.29) is 5.91 Å². The molecule has 2 unspecified atom stereocenters. The Hall–Kier alpha value is -3.65. The summed E-state index contributed by atoms with van der Waals surface area (Å²) in [5.41, 5.74) is 5.36. The van der Waals surface area contributed by atoms with Gasteiger partial charge in [0, 0.05) is 23.2 Å². The van der Waals surface area contributed by atoms with Crippen molar-refractivity contribution in [1.29, 1.82) is 0 Å². The molecule has 5 nitrogen and oxygen atoms in total. The van der Waals surface area contributed by atoms with Crippen molar-refractivity contribution in [2.45, 2.75) is 43.8 Å². The standard InChI is InChI=1S/C27H28N2O.C2HF3O2/c30-27(29-24-13-11-20(12-14-24)15-19-5-2-1-3-6-19)23-8-4-7-22(16-23)25-17-26(25)28-18-21-9-10-21;3-2(4,5)1(6)7/h1-8,11-14,16,21,25-26,28H,9-10,15,17-18H2,(H,29,30);(H,6,7). The van der Waals surface area contributed by atoms with Crippen LogP contribution in [0.4, 0.5) is 18.9 Å². The summed E-state index contributed by atoms with van der Waals surface area (Å²) in [5.74, 6) is -1.35. The normalized spacial score (nSPS) is 18.4. The van der Waals surface area contributed by atoms with E-state index in [0.29, 0.717) is 12.0 Å². The number of hydrogen-bond donors (Lipinski definition) is 3. The average molecular weight is 511 g/mol. The van der Waals surface area contributed by atoms with Crippen LogP contribution in [0.15, 0.2) is 78.9 Å². The van der Waals surface area contributed by atoms with Gasteiger partial charge in [-0.1, -0.05) is 54.6 Å². The van der Waals surface area contributed by atoms with E-state index in [0.717, 1.165) is 30.1 Å². The summed E-state index contributed by atoms with van der Waals surface area (Å²) in [7, 11) is 0. The number of aliphatic carboxylic acids is 1. The molecule has 194 valence electrons. The number of halogens is 3. The van der Waals surface area contributed by atoms with Crippen LogP contribution >= 0.6 is 0 Å². The molecule has 0 spiro atoms. The van der Waals surface area contributed by atoms with E-state index in [1.807, 2.05) is 30.3 Å². The third kappa shape index (κ3) is 8.18. The molecule has 2 atom stereocenters. The van der Waals surface area contributed by atoms with Gasteiger partial charge in [-0.3, -0.25) is 4.79 Å². The van der Waals surface area contributed by atoms with Crippen LogP contribution in [-0.2, 0) is 11.2 Å². The molecule has 0 saturated heterocycles. The number of anilines is 1. The van der Waals surface area contributed by atoms with E-state index in [1.54, 1.807) is 0 Å². The summed E-state index contributed by atoms with van der Waals surface area (Å²) in [6.07, 6.45) is -0.240. The highest BCUT2D eigenvalue weighted by molar-refractivity contribution is 6.04. The maximum atomic E-state index is 12.8. The number of nitrogens with one attached hydrogen (secondary N) is 2. The summed E-state index contributed by atoms with van der Waals surface area (Å²) in [5, 5.41) is 13.8. The topological polar surface area (TPSA) is 78.4 Å². The molecule has 5 rings (SSSR count). The predicted octanol–water partition coefficient (Wildman–Crippen LogP) is 6.02. The van der Waals surface area contributed by atoms with Gasteiger partial charge in [-0.25, -0.2) is 4.79 Å². The first kappa shape index (κ1) is 26.4. The van der Waals surface area contributed by atoms with Crippen LogP contribution in [-0.4, -0.2) is 35.7 Å². The Labute approximate surface area is 213 Å². The van der Waals surface area contributed by atoms with Crippen molar-refractivity contribution in [3.05, 3.63) is 101 Å². The van der Waals surface area contributed by atoms with E-state index >= 15 is 0 Å². The number of carboxylic acids is 1. The van der Waals surface area contributed by atoms with E-state index in [9.17, 15) is 18.0 Å². The molecular weight excluding hydrogens is 481 g/mol. The molecule has 0 aliphatic heterocycles. The molecule has 2 aliphatic carbocycles. The Morgan fingerprint density at radius 2 is 1.54 bits per heavy atom. The Morgan fingerprint density at radius 3 is 2.16 bits per heavy atom. The maximum absolute atomic E-state index is 12.8. The lowest BCUT2D eigenvalue weighted by Gasteiger charge is -2.09. The number of amides is 1. The van der Waals surface area contributed by atoms with Crippen molar-refractivity contribution < 1.29 is 27.9 Å². The Bertz CT molecular complexity index is 1210. The number of rotatable bonds is 8. The van der Waals surface area contributed by atoms with Gasteiger partial charge in [0.05, 0.1) is 0 Å². The molecule has 3 N–H and O–H groups in total. The number of carbonyl (C=O) groups excluding carboxylic acids is 1. The van der Waals surface area contributed by atoms with Crippen molar-refractivity contribution in [2.75, 3.05) is 11.9 Å². The molecular formula is C29H29F3N2O3. The Kier molecular flexibility index (Phi) is 8.28. The molecule has 2 saturated carbocycles.